The first-order valence-electron chi connectivity index (χ1n) is 23.4. The molecule has 1 aromatic rings. The van der Waals surface area contributed by atoms with Crippen LogP contribution in [-0.4, -0.2) is 161 Å². The number of aliphatic carboxylic acids is 1. The van der Waals surface area contributed by atoms with Gasteiger partial charge in [-0.05, 0) is 94.4 Å². The van der Waals surface area contributed by atoms with Crippen LogP contribution < -0.4 is 60.2 Å². The number of aliphatic hydroxyl groups is 1. The second-order valence-electron chi connectivity index (χ2n) is 17.6. The summed E-state index contributed by atoms with van der Waals surface area (Å²) in [6.07, 6.45) is 4.45. The van der Waals surface area contributed by atoms with Gasteiger partial charge in [0.05, 0.1) is 19.2 Å². The molecule has 2 aliphatic heterocycles. The minimum atomic E-state index is -1.61. The van der Waals surface area contributed by atoms with Crippen molar-refractivity contribution in [3.63, 3.8) is 0 Å². The number of carbonyl (C=O) groups is 9. The molecule has 70 heavy (non-hydrogen) atoms. The number of nitrogens with one attached hydrogen (secondary N) is 7. The summed E-state index contributed by atoms with van der Waals surface area (Å²) in [7, 11) is 0. The van der Waals surface area contributed by atoms with Gasteiger partial charge < -0.3 is 80.4 Å². The van der Waals surface area contributed by atoms with Gasteiger partial charge in [-0.25, -0.2) is 4.79 Å². The molecule has 25 heteroatoms. The van der Waals surface area contributed by atoms with Crippen LogP contribution >= 0.6 is 0 Å². The molecular weight excluding hydrogens is 915 g/mol. The van der Waals surface area contributed by atoms with E-state index in [1.54, 1.807) is 13.8 Å². The lowest BCUT2D eigenvalue weighted by Gasteiger charge is -2.27. The first kappa shape index (κ1) is 57.5. The van der Waals surface area contributed by atoms with Crippen LogP contribution in [0.15, 0.2) is 41.4 Å². The summed E-state index contributed by atoms with van der Waals surface area (Å²) in [5.41, 5.74) is 23.3. The number of amides is 8. The normalized spacial score (nSPS) is 22.7. The number of nitrogens with two attached hydrogens (primary N) is 4. The summed E-state index contributed by atoms with van der Waals surface area (Å²) in [6, 6.07) is -4.47. The Hall–Kier alpha value is -6.86. The fourth-order valence-corrected chi connectivity index (χ4v) is 7.67. The van der Waals surface area contributed by atoms with E-state index in [1.807, 2.05) is 0 Å². The predicted octanol–water partition coefficient (Wildman–Crippen LogP) is -4.07. The molecule has 1 fully saturated rings. The van der Waals surface area contributed by atoms with Crippen molar-refractivity contribution in [2.75, 3.05) is 32.8 Å². The summed E-state index contributed by atoms with van der Waals surface area (Å²) in [5.74, 6) is -7.90. The van der Waals surface area contributed by atoms with Crippen LogP contribution in [0, 0.1) is 5.92 Å². The molecule has 0 saturated carbocycles. The van der Waals surface area contributed by atoms with Crippen LogP contribution in [0.4, 0.5) is 0 Å². The Morgan fingerprint density at radius 3 is 2.10 bits per heavy atom. The molecule has 388 valence electrons. The van der Waals surface area contributed by atoms with Gasteiger partial charge in [0.1, 0.15) is 48.0 Å². The lowest BCUT2D eigenvalue weighted by atomic mass is 10.0. The zero-order valence-corrected chi connectivity index (χ0v) is 39.7. The highest BCUT2D eigenvalue weighted by Crippen LogP contribution is 2.19. The molecule has 25 nitrogen and oxygen atoms in total. The average Bonchev–Trinajstić information content (AvgIpc) is 3.81. The lowest BCUT2D eigenvalue weighted by molar-refractivity contribution is -0.144. The van der Waals surface area contributed by atoms with Crippen molar-refractivity contribution in [3.05, 3.63) is 42.0 Å². The van der Waals surface area contributed by atoms with Gasteiger partial charge in [-0.1, -0.05) is 38.1 Å². The third kappa shape index (κ3) is 19.3. The summed E-state index contributed by atoms with van der Waals surface area (Å²) < 4.78 is 0. The zero-order valence-electron chi connectivity index (χ0n) is 39.7. The van der Waals surface area contributed by atoms with Crippen molar-refractivity contribution in [3.8, 4) is 5.75 Å². The maximum Gasteiger partial charge on any atom is 0.326 e. The van der Waals surface area contributed by atoms with Crippen LogP contribution in [0.25, 0.3) is 0 Å². The average molecular weight is 986 g/mol. The number of aliphatic hydroxyl groups excluding tert-OH is 1. The van der Waals surface area contributed by atoms with Gasteiger partial charge in [0, 0.05) is 19.5 Å². The standard InChI is InChI=1S/C45H71N13O12/c1-25(2)21-32-41(66)57-34(24-59)42(67)54-30(10-4-3-9-28(47)37(62)52-31(40(65)55-32)12-7-19-50-45(48)49)39(64)53-29(11-5-6-18-46)38(63)51-23-36(61)58-20-8-13-35(58)43(68)56-33(44(69)70)22-26-14-16-27(60)17-15-26/h3-4,14-17,25,28-35,59-60H,5-13,18-24,46-47H2,1-2H3,(H,51,63)(H,52,62)(H,53,64)(H,54,67)(H,55,65)(H,56,68)(H,57,66)(H,69,70)(H4,48,49,50)/b4-3-/t28-,29-,30-,31-,32-,33+,34-,35-/m0/s1. The molecule has 1 aromatic carbocycles. The quantitative estimate of drug-likeness (QED) is 0.0241. The number of hydrogen-bond donors (Lipinski definition) is 14. The number of carboxylic acid groups (broad SMARTS) is 1. The SMILES string of the molecule is CC(C)C[C@@H]1NC(=O)[C@H](CCCN=C(N)N)NC(=O)[C@@H](N)C/C=C\C[C@@H](C(=O)N[C@@H](CCCCN)C(=O)NCC(=O)N2CCC[C@H]2C(=O)N[C@H](Cc2ccc(O)cc2)C(=O)O)NC(=O)[C@H](CO)NC1=O. The Bertz CT molecular complexity index is 2030. The van der Waals surface area contributed by atoms with Crippen LogP contribution in [0.2, 0.25) is 0 Å². The van der Waals surface area contributed by atoms with Gasteiger partial charge in [-0.15, -0.1) is 0 Å². The van der Waals surface area contributed by atoms with Gasteiger partial charge >= 0.3 is 5.97 Å². The minimum absolute atomic E-state index is 0.0152. The molecule has 8 atom stereocenters. The van der Waals surface area contributed by atoms with E-state index in [0.29, 0.717) is 24.8 Å². The van der Waals surface area contributed by atoms with Gasteiger partial charge in [-0.3, -0.25) is 43.3 Å². The van der Waals surface area contributed by atoms with Crippen LogP contribution in [0.1, 0.15) is 83.6 Å². The fourth-order valence-electron chi connectivity index (χ4n) is 7.67. The second-order valence-corrected chi connectivity index (χ2v) is 17.6. The number of phenols is 1. The molecule has 2 aliphatic rings. The third-order valence-electron chi connectivity index (χ3n) is 11.5. The number of carbonyl (C=O) groups excluding carboxylic acids is 8. The number of aromatic hydroxyl groups is 1. The molecular formula is C45H71N13O12. The van der Waals surface area contributed by atoms with Crippen LogP contribution in [0.5, 0.6) is 5.75 Å². The van der Waals surface area contributed by atoms with Gasteiger partial charge in [0.2, 0.25) is 47.3 Å². The monoisotopic (exact) mass is 986 g/mol. The summed E-state index contributed by atoms with van der Waals surface area (Å²) in [4.78, 5) is 126. The Morgan fingerprint density at radius 2 is 1.46 bits per heavy atom. The topological polar surface area (TPSA) is 418 Å². The van der Waals surface area contributed by atoms with Crippen LogP contribution in [-0.2, 0) is 49.6 Å². The Balaban J connectivity index is 1.80. The lowest BCUT2D eigenvalue weighted by Crippen LogP contribution is -2.60. The highest BCUT2D eigenvalue weighted by molar-refractivity contribution is 5.98. The maximum atomic E-state index is 14.0. The second kappa shape index (κ2) is 29.2. The highest BCUT2D eigenvalue weighted by Gasteiger charge is 2.37. The number of phenolic OH excluding ortho intramolecular Hbond substituents is 1. The number of likely N-dealkylation sites (tertiary alicyclic amines) is 1. The van der Waals surface area contributed by atoms with E-state index in [9.17, 15) is 58.5 Å². The molecule has 0 aliphatic carbocycles. The van der Waals surface area contributed by atoms with E-state index < -0.39 is 115 Å². The molecule has 8 amide bonds. The van der Waals surface area contributed by atoms with Crippen molar-refractivity contribution in [1.29, 1.82) is 0 Å². The minimum Gasteiger partial charge on any atom is -0.508 e. The first-order valence-corrected chi connectivity index (χ1v) is 23.4. The molecule has 0 unspecified atom stereocenters. The molecule has 0 spiro atoms. The molecule has 1 saturated heterocycles. The largest absolute Gasteiger partial charge is 0.508 e. The number of benzene rings is 1. The maximum absolute atomic E-state index is 14.0. The molecule has 0 bridgehead atoms. The van der Waals surface area contributed by atoms with E-state index in [4.69, 9.17) is 22.9 Å². The first-order chi connectivity index (χ1) is 33.2. The number of hydrogen-bond acceptors (Lipinski definition) is 14. The number of nitrogens with zero attached hydrogens (tertiary/aromatic N) is 2. The smallest absolute Gasteiger partial charge is 0.326 e. The molecule has 2 heterocycles. The molecule has 18 N–H and O–H groups in total. The van der Waals surface area contributed by atoms with Gasteiger partial charge in [0.25, 0.3) is 0 Å². The molecule has 3 rings (SSSR count). The van der Waals surface area contributed by atoms with E-state index in [2.05, 4.69) is 42.2 Å². The van der Waals surface area contributed by atoms with E-state index in [0.717, 1.165) is 0 Å². The summed E-state index contributed by atoms with van der Waals surface area (Å²) in [6.45, 7) is 2.62. The van der Waals surface area contributed by atoms with Crippen LogP contribution in [0.3, 0.4) is 0 Å². The number of rotatable bonds is 21. The summed E-state index contributed by atoms with van der Waals surface area (Å²) >= 11 is 0. The third-order valence-corrected chi connectivity index (χ3v) is 11.5. The van der Waals surface area contributed by atoms with E-state index in [1.165, 1.54) is 41.3 Å². The number of guanidine groups is 1. The van der Waals surface area contributed by atoms with E-state index >= 15 is 0 Å². The zero-order chi connectivity index (χ0) is 51.9. The highest BCUT2D eigenvalue weighted by atomic mass is 16.4. The number of aliphatic imine (C=N–C) groups is 1. The fraction of sp³-hybridized carbons (Fsp3) is 0.600. The summed E-state index contributed by atoms with van der Waals surface area (Å²) in [5, 5.41) is 47.5. The van der Waals surface area contributed by atoms with Crippen molar-refractivity contribution in [1.82, 2.24) is 42.1 Å². The van der Waals surface area contributed by atoms with Gasteiger partial charge in [0.15, 0.2) is 5.96 Å². The predicted molar refractivity (Wildman–Crippen MR) is 254 cm³/mol. The van der Waals surface area contributed by atoms with Crippen molar-refractivity contribution in [2.45, 2.75) is 133 Å². The van der Waals surface area contributed by atoms with Crippen molar-refractivity contribution in [2.24, 2.45) is 33.8 Å². The molecule has 0 radical (unpaired) electrons. The Kier molecular flexibility index (Phi) is 24.0. The van der Waals surface area contributed by atoms with E-state index in [-0.39, 0.29) is 88.6 Å². The van der Waals surface area contributed by atoms with Crippen molar-refractivity contribution >= 4 is 59.2 Å². The van der Waals surface area contributed by atoms with Gasteiger partial charge in [-0.2, -0.15) is 0 Å². The Labute approximate surface area is 406 Å². The number of unbranched alkanes of at least 4 members (excludes halogenated alkanes) is 1. The van der Waals surface area contributed by atoms with Crippen molar-refractivity contribution < 1.29 is 58.5 Å². The Morgan fingerprint density at radius 1 is 0.829 bits per heavy atom. The number of carboxylic acids is 1. The molecule has 0 aromatic heterocycles.